The summed E-state index contributed by atoms with van der Waals surface area (Å²) in [4.78, 5) is 0. The Kier molecular flexibility index (Phi) is 5.64. The zero-order valence-corrected chi connectivity index (χ0v) is 16.7. The van der Waals surface area contributed by atoms with E-state index in [1.807, 2.05) is 30.3 Å². The minimum Gasteiger partial charge on any atom is -0.206 e. The maximum atomic E-state index is 15.2. The Hall–Kier alpha value is -3.40. The summed E-state index contributed by atoms with van der Waals surface area (Å²) >= 11 is 0. The van der Waals surface area contributed by atoms with Crippen molar-refractivity contribution in [2.75, 3.05) is 0 Å². The third kappa shape index (κ3) is 4.38. The number of allylic oxidation sites excluding steroid dienone is 1. The van der Waals surface area contributed by atoms with Crippen molar-refractivity contribution in [2.24, 2.45) is 0 Å². The van der Waals surface area contributed by atoms with Crippen molar-refractivity contribution >= 4 is 10.8 Å². The van der Waals surface area contributed by atoms with Crippen LogP contribution in [0.15, 0.2) is 91.5 Å². The monoisotopic (exact) mass is 420 g/mol. The zero-order valence-electron chi connectivity index (χ0n) is 16.7. The van der Waals surface area contributed by atoms with Gasteiger partial charge in [-0.2, -0.15) is 13.2 Å². The van der Waals surface area contributed by atoms with Gasteiger partial charge in [0, 0.05) is 10.9 Å². The molecule has 4 aromatic rings. The Labute approximate surface area is 178 Å². The maximum Gasteiger partial charge on any atom is 0.416 e. The molecule has 0 radical (unpaired) electrons. The highest BCUT2D eigenvalue weighted by molar-refractivity contribution is 5.89. The molecule has 156 valence electrons. The average molecular weight is 420 g/mol. The average Bonchev–Trinajstić information content (AvgIpc) is 2.77. The van der Waals surface area contributed by atoms with E-state index in [1.54, 1.807) is 30.3 Å². The normalized spacial score (nSPS) is 11.6. The highest BCUT2D eigenvalue weighted by atomic mass is 19.4. The van der Waals surface area contributed by atoms with Gasteiger partial charge >= 0.3 is 6.18 Å². The van der Waals surface area contributed by atoms with Gasteiger partial charge in [0.05, 0.1) is 5.56 Å². The van der Waals surface area contributed by atoms with Gasteiger partial charge in [0.25, 0.3) is 0 Å². The quantitative estimate of drug-likeness (QED) is 0.224. The van der Waals surface area contributed by atoms with Crippen molar-refractivity contribution in [1.29, 1.82) is 0 Å². The van der Waals surface area contributed by atoms with Gasteiger partial charge in [0.2, 0.25) is 0 Å². The van der Waals surface area contributed by atoms with Gasteiger partial charge in [0.1, 0.15) is 5.82 Å². The number of hydrogen-bond donors (Lipinski definition) is 0. The second-order valence-electron chi connectivity index (χ2n) is 7.46. The highest BCUT2D eigenvalue weighted by Gasteiger charge is 2.29. The Morgan fingerprint density at radius 2 is 1.35 bits per heavy atom. The van der Waals surface area contributed by atoms with Crippen LogP contribution >= 0.6 is 0 Å². The molecule has 31 heavy (non-hydrogen) atoms. The molecule has 0 nitrogen and oxygen atoms in total. The predicted octanol–water partition coefficient (Wildman–Crippen LogP) is 8.45. The summed E-state index contributed by atoms with van der Waals surface area (Å²) in [5.74, 6) is -0.282. The summed E-state index contributed by atoms with van der Waals surface area (Å²) in [5, 5.41) is 1.41. The van der Waals surface area contributed by atoms with Crippen molar-refractivity contribution in [3.05, 3.63) is 108 Å². The van der Waals surface area contributed by atoms with Gasteiger partial charge in [-0.05, 0) is 52.6 Å². The molecule has 0 N–H and O–H groups in total. The van der Waals surface area contributed by atoms with Crippen LogP contribution in [-0.4, -0.2) is 0 Å². The highest BCUT2D eigenvalue weighted by Crippen LogP contribution is 2.33. The van der Waals surface area contributed by atoms with Crippen molar-refractivity contribution in [2.45, 2.75) is 19.0 Å². The van der Waals surface area contributed by atoms with Gasteiger partial charge in [-0.15, -0.1) is 6.58 Å². The molecular formula is C27H20F4. The van der Waals surface area contributed by atoms with E-state index in [0.29, 0.717) is 22.1 Å². The molecule has 0 fully saturated rings. The third-order valence-electron chi connectivity index (χ3n) is 5.40. The first-order valence-electron chi connectivity index (χ1n) is 9.97. The molecule has 4 heteroatoms. The zero-order chi connectivity index (χ0) is 22.0. The molecule has 0 aliphatic rings. The first kappa shape index (κ1) is 20.9. The fraction of sp³-hybridized carbons (Fsp3) is 0.111. The second-order valence-corrected chi connectivity index (χ2v) is 7.46. The van der Waals surface area contributed by atoms with Crippen molar-refractivity contribution in [3.8, 4) is 22.3 Å². The molecule has 0 amide bonds. The molecule has 4 rings (SSSR count). The first-order valence-corrected chi connectivity index (χ1v) is 9.97. The van der Waals surface area contributed by atoms with Gasteiger partial charge in [-0.1, -0.05) is 72.8 Å². The second kappa shape index (κ2) is 8.38. The minimum atomic E-state index is -4.36. The number of alkyl halides is 3. The van der Waals surface area contributed by atoms with E-state index in [0.717, 1.165) is 41.5 Å². The molecule has 4 aromatic carbocycles. The molecule has 0 aliphatic carbocycles. The first-order chi connectivity index (χ1) is 14.9. The van der Waals surface area contributed by atoms with E-state index in [-0.39, 0.29) is 5.82 Å². The molecule has 0 spiro atoms. The minimum absolute atomic E-state index is 0.282. The van der Waals surface area contributed by atoms with E-state index in [9.17, 15) is 13.2 Å². The van der Waals surface area contributed by atoms with Crippen LogP contribution in [0.5, 0.6) is 0 Å². The lowest BCUT2D eigenvalue weighted by Gasteiger charge is -2.10. The number of hydrogen-bond acceptors (Lipinski definition) is 0. The molecule has 0 heterocycles. The van der Waals surface area contributed by atoms with Crippen LogP contribution in [0, 0.1) is 5.82 Å². The number of aryl methyl sites for hydroxylation is 1. The summed E-state index contributed by atoms with van der Waals surface area (Å²) in [5.41, 5.74) is 3.10. The lowest BCUT2D eigenvalue weighted by Crippen LogP contribution is -2.03. The van der Waals surface area contributed by atoms with Gasteiger partial charge in [-0.3, -0.25) is 0 Å². The van der Waals surface area contributed by atoms with E-state index < -0.39 is 11.7 Å². The Balaban J connectivity index is 1.62. The lowest BCUT2D eigenvalue weighted by molar-refractivity contribution is -0.137. The van der Waals surface area contributed by atoms with Crippen LogP contribution in [0.1, 0.15) is 17.5 Å². The molecule has 0 atom stereocenters. The van der Waals surface area contributed by atoms with Crippen molar-refractivity contribution in [1.82, 2.24) is 0 Å². The molecule has 0 aliphatic heterocycles. The van der Waals surface area contributed by atoms with Gasteiger partial charge in [0.15, 0.2) is 0 Å². The summed E-state index contributed by atoms with van der Waals surface area (Å²) in [6.07, 6.45) is -0.754. The third-order valence-corrected chi connectivity index (χ3v) is 5.40. The predicted molar refractivity (Wildman–Crippen MR) is 118 cm³/mol. The Morgan fingerprint density at radius 1 is 0.742 bits per heavy atom. The van der Waals surface area contributed by atoms with Crippen LogP contribution in [0.2, 0.25) is 0 Å². The van der Waals surface area contributed by atoms with E-state index in [2.05, 4.69) is 6.58 Å². The Morgan fingerprint density at radius 3 is 1.97 bits per heavy atom. The van der Waals surface area contributed by atoms with E-state index in [1.165, 1.54) is 12.1 Å². The fourth-order valence-corrected chi connectivity index (χ4v) is 3.68. The van der Waals surface area contributed by atoms with Crippen molar-refractivity contribution < 1.29 is 17.6 Å². The maximum absolute atomic E-state index is 15.2. The summed E-state index contributed by atoms with van der Waals surface area (Å²) < 4.78 is 53.4. The van der Waals surface area contributed by atoms with E-state index in [4.69, 9.17) is 0 Å². The van der Waals surface area contributed by atoms with Crippen LogP contribution < -0.4 is 0 Å². The van der Waals surface area contributed by atoms with Gasteiger partial charge < -0.3 is 0 Å². The van der Waals surface area contributed by atoms with Crippen LogP contribution in [0.3, 0.4) is 0 Å². The summed E-state index contributed by atoms with van der Waals surface area (Å²) in [6, 6.07) is 21.6. The molecule has 0 aromatic heterocycles. The summed E-state index contributed by atoms with van der Waals surface area (Å²) in [6.45, 7) is 3.73. The fourth-order valence-electron chi connectivity index (χ4n) is 3.68. The van der Waals surface area contributed by atoms with E-state index >= 15 is 4.39 Å². The number of rotatable bonds is 5. The molecule has 0 unspecified atom stereocenters. The number of fused-ring (bicyclic) bond motifs is 1. The summed E-state index contributed by atoms with van der Waals surface area (Å²) in [7, 11) is 0. The number of halogens is 4. The van der Waals surface area contributed by atoms with Crippen molar-refractivity contribution in [3.63, 3.8) is 0 Å². The smallest absolute Gasteiger partial charge is 0.206 e. The van der Waals surface area contributed by atoms with Crippen LogP contribution in [-0.2, 0) is 12.6 Å². The van der Waals surface area contributed by atoms with Gasteiger partial charge in [-0.25, -0.2) is 4.39 Å². The Bertz CT molecular complexity index is 1220. The molecular weight excluding hydrogens is 400 g/mol. The topological polar surface area (TPSA) is 0 Å². The number of benzene rings is 4. The van der Waals surface area contributed by atoms with Crippen LogP contribution in [0.25, 0.3) is 33.0 Å². The molecule has 0 bridgehead atoms. The SMILES string of the molecule is C=CCCc1ccc2c(F)c(-c3ccc(-c4ccc(C(F)(F)F)cc4)cc3)ccc2c1. The molecule has 0 saturated carbocycles. The standard InChI is InChI=1S/C27H20F4/c1-2-3-4-18-5-15-25-22(17-18)12-16-24(26(25)28)21-8-6-19(7-9-21)20-10-13-23(14-11-20)27(29,30)31/h2,5-17H,1,3-4H2. The largest absolute Gasteiger partial charge is 0.416 e. The lowest BCUT2D eigenvalue weighted by atomic mass is 9.96. The molecule has 0 saturated heterocycles. The van der Waals surface area contributed by atoms with Crippen LogP contribution in [0.4, 0.5) is 17.6 Å².